The van der Waals surface area contributed by atoms with Gasteiger partial charge < -0.3 is 13.7 Å². The SMILES string of the molecule is CC1(c2ccc3c(c2)oc2cc(N(c4ccc(-c5ccccc5)cc4)c4cccc5oc6ccccc6c45)ccc23)c2ccccc2-c2ccccc21. The standard InChI is InChI=1S/C50H33NO2/c1-50(42-17-8-5-14-37(42)38-15-6-9-18-43(38)50)34-24-28-39-40-29-27-36(31-48(40)53-47(39)30-34)51(35-25-22-33(23-26-35)32-12-3-2-4-13-32)44-19-11-21-46-49(44)41-16-7-10-20-45(41)52-46/h2-31H,1H3. The summed E-state index contributed by atoms with van der Waals surface area (Å²) in [5.74, 6) is 0. The van der Waals surface area contributed by atoms with Crippen LogP contribution in [-0.2, 0) is 5.41 Å². The normalized spacial score (nSPS) is 13.2. The molecule has 2 aromatic heterocycles. The zero-order valence-corrected chi connectivity index (χ0v) is 29.1. The van der Waals surface area contributed by atoms with Gasteiger partial charge in [-0.3, -0.25) is 0 Å². The van der Waals surface area contributed by atoms with Crippen LogP contribution in [0.15, 0.2) is 191 Å². The zero-order chi connectivity index (χ0) is 35.1. The van der Waals surface area contributed by atoms with Crippen LogP contribution in [0.1, 0.15) is 23.6 Å². The Balaban J connectivity index is 1.08. The molecule has 2 heterocycles. The molecule has 0 amide bonds. The van der Waals surface area contributed by atoms with E-state index in [1.165, 1.54) is 38.9 Å². The topological polar surface area (TPSA) is 29.5 Å². The van der Waals surface area contributed by atoms with Gasteiger partial charge in [0.25, 0.3) is 0 Å². The number of hydrogen-bond acceptors (Lipinski definition) is 3. The van der Waals surface area contributed by atoms with Crippen molar-refractivity contribution in [2.75, 3.05) is 4.90 Å². The summed E-state index contributed by atoms with van der Waals surface area (Å²) >= 11 is 0. The minimum Gasteiger partial charge on any atom is -0.456 e. The molecule has 0 aliphatic heterocycles. The van der Waals surface area contributed by atoms with Crippen molar-refractivity contribution in [3.63, 3.8) is 0 Å². The Bertz CT molecular complexity index is 2980. The van der Waals surface area contributed by atoms with Crippen LogP contribution in [0.3, 0.4) is 0 Å². The lowest BCUT2D eigenvalue weighted by Crippen LogP contribution is -2.22. The van der Waals surface area contributed by atoms with E-state index in [1.807, 2.05) is 12.1 Å². The third-order valence-corrected chi connectivity index (χ3v) is 11.4. The van der Waals surface area contributed by atoms with Crippen LogP contribution in [0.2, 0.25) is 0 Å². The Morgan fingerprint density at radius 1 is 0.415 bits per heavy atom. The van der Waals surface area contributed by atoms with Crippen LogP contribution in [0, 0.1) is 0 Å². The predicted octanol–water partition coefficient (Wildman–Crippen LogP) is 14.0. The molecule has 250 valence electrons. The summed E-state index contributed by atoms with van der Waals surface area (Å²) < 4.78 is 13.2. The Morgan fingerprint density at radius 2 is 1.00 bits per heavy atom. The largest absolute Gasteiger partial charge is 0.456 e. The van der Waals surface area contributed by atoms with Crippen molar-refractivity contribution >= 4 is 60.9 Å². The molecule has 1 aliphatic rings. The van der Waals surface area contributed by atoms with Gasteiger partial charge in [-0.1, -0.05) is 127 Å². The second-order valence-electron chi connectivity index (χ2n) is 14.2. The van der Waals surface area contributed by atoms with Gasteiger partial charge in [0.05, 0.1) is 11.1 Å². The molecule has 10 aromatic rings. The van der Waals surface area contributed by atoms with E-state index in [9.17, 15) is 0 Å². The van der Waals surface area contributed by atoms with Crippen molar-refractivity contribution in [3.05, 3.63) is 199 Å². The van der Waals surface area contributed by atoms with Crippen molar-refractivity contribution in [1.29, 1.82) is 0 Å². The molecule has 3 nitrogen and oxygen atoms in total. The Hall–Kier alpha value is -6.84. The third kappa shape index (κ3) is 4.41. The molecule has 11 rings (SSSR count). The summed E-state index contributed by atoms with van der Waals surface area (Å²) in [4.78, 5) is 2.32. The number of benzene rings is 8. The Kier molecular flexibility index (Phi) is 6.38. The molecule has 1 aliphatic carbocycles. The number of furan rings is 2. The van der Waals surface area contributed by atoms with Gasteiger partial charge in [-0.2, -0.15) is 0 Å². The lowest BCUT2D eigenvalue weighted by Gasteiger charge is -2.28. The second kappa shape index (κ2) is 11.3. The van der Waals surface area contributed by atoms with E-state index in [2.05, 4.69) is 182 Å². The minimum atomic E-state index is -0.291. The molecular formula is C50H33NO2. The Morgan fingerprint density at radius 3 is 1.77 bits per heavy atom. The second-order valence-corrected chi connectivity index (χ2v) is 14.2. The minimum absolute atomic E-state index is 0.291. The molecule has 0 saturated carbocycles. The van der Waals surface area contributed by atoms with Gasteiger partial charge in [0, 0.05) is 39.0 Å². The highest BCUT2D eigenvalue weighted by Gasteiger charge is 2.40. The smallest absolute Gasteiger partial charge is 0.137 e. The molecule has 0 unspecified atom stereocenters. The van der Waals surface area contributed by atoms with Gasteiger partial charge in [-0.05, 0) is 94.4 Å². The maximum atomic E-state index is 6.81. The molecule has 53 heavy (non-hydrogen) atoms. The van der Waals surface area contributed by atoms with Gasteiger partial charge in [-0.15, -0.1) is 0 Å². The highest BCUT2D eigenvalue weighted by Crippen LogP contribution is 2.53. The number of nitrogens with zero attached hydrogens (tertiary/aromatic N) is 1. The number of fused-ring (bicyclic) bond motifs is 9. The van der Waals surface area contributed by atoms with Crippen molar-refractivity contribution in [3.8, 4) is 22.3 Å². The molecule has 0 bridgehead atoms. The van der Waals surface area contributed by atoms with Crippen LogP contribution in [0.25, 0.3) is 66.1 Å². The number of rotatable bonds is 5. The molecule has 0 saturated heterocycles. The lowest BCUT2D eigenvalue weighted by atomic mass is 9.74. The predicted molar refractivity (Wildman–Crippen MR) is 219 cm³/mol. The zero-order valence-electron chi connectivity index (χ0n) is 29.1. The summed E-state index contributed by atoms with van der Waals surface area (Å²) in [6, 6.07) is 64.9. The van der Waals surface area contributed by atoms with E-state index in [-0.39, 0.29) is 5.41 Å². The van der Waals surface area contributed by atoms with Gasteiger partial charge in [0.1, 0.15) is 22.3 Å². The van der Waals surface area contributed by atoms with Crippen LogP contribution < -0.4 is 4.90 Å². The van der Waals surface area contributed by atoms with E-state index in [4.69, 9.17) is 8.83 Å². The van der Waals surface area contributed by atoms with Crippen LogP contribution in [0.4, 0.5) is 17.1 Å². The van der Waals surface area contributed by atoms with Gasteiger partial charge in [0.2, 0.25) is 0 Å². The molecule has 0 spiro atoms. The molecule has 0 N–H and O–H groups in total. The van der Waals surface area contributed by atoms with Crippen molar-refractivity contribution in [2.45, 2.75) is 12.3 Å². The monoisotopic (exact) mass is 679 g/mol. The number of hydrogen-bond donors (Lipinski definition) is 0. The first-order valence-electron chi connectivity index (χ1n) is 18.2. The summed E-state index contributed by atoms with van der Waals surface area (Å²) in [7, 11) is 0. The molecule has 0 radical (unpaired) electrons. The van der Waals surface area contributed by atoms with Crippen molar-refractivity contribution in [1.82, 2.24) is 0 Å². The van der Waals surface area contributed by atoms with Crippen LogP contribution >= 0.6 is 0 Å². The fourth-order valence-corrected chi connectivity index (χ4v) is 8.78. The summed E-state index contributed by atoms with van der Waals surface area (Å²) in [5.41, 5.74) is 15.1. The average molecular weight is 680 g/mol. The molecule has 0 fully saturated rings. The van der Waals surface area contributed by atoms with E-state index in [1.54, 1.807) is 0 Å². The van der Waals surface area contributed by atoms with Gasteiger partial charge in [-0.25, -0.2) is 0 Å². The lowest BCUT2D eigenvalue weighted by molar-refractivity contribution is 0.662. The number of anilines is 3. The van der Waals surface area contributed by atoms with Crippen LogP contribution in [0.5, 0.6) is 0 Å². The van der Waals surface area contributed by atoms with E-state index >= 15 is 0 Å². The highest BCUT2D eigenvalue weighted by atomic mass is 16.3. The molecule has 3 heteroatoms. The maximum Gasteiger partial charge on any atom is 0.137 e. The fourth-order valence-electron chi connectivity index (χ4n) is 8.78. The first kappa shape index (κ1) is 29.8. The first-order chi connectivity index (χ1) is 26.1. The van der Waals surface area contributed by atoms with Gasteiger partial charge in [0.15, 0.2) is 0 Å². The molecule has 0 atom stereocenters. The fraction of sp³-hybridized carbons (Fsp3) is 0.0400. The summed E-state index contributed by atoms with van der Waals surface area (Å²) in [5, 5.41) is 4.37. The van der Waals surface area contributed by atoms with Crippen molar-refractivity contribution in [2.24, 2.45) is 0 Å². The molecular weight excluding hydrogens is 647 g/mol. The third-order valence-electron chi connectivity index (χ3n) is 11.4. The number of para-hydroxylation sites is 1. The van der Waals surface area contributed by atoms with Crippen molar-refractivity contribution < 1.29 is 8.83 Å². The molecule has 8 aromatic carbocycles. The quantitative estimate of drug-likeness (QED) is 0.181. The van der Waals surface area contributed by atoms with E-state index in [0.717, 1.165) is 60.9 Å². The maximum absolute atomic E-state index is 6.81. The van der Waals surface area contributed by atoms with E-state index in [0.29, 0.717) is 0 Å². The van der Waals surface area contributed by atoms with Crippen LogP contribution in [-0.4, -0.2) is 0 Å². The average Bonchev–Trinajstić information content (AvgIpc) is 3.87. The van der Waals surface area contributed by atoms with E-state index < -0.39 is 0 Å². The summed E-state index contributed by atoms with van der Waals surface area (Å²) in [6.45, 7) is 2.35. The Labute approximate surface area is 307 Å². The van der Waals surface area contributed by atoms with Gasteiger partial charge >= 0.3 is 0 Å². The first-order valence-corrected chi connectivity index (χ1v) is 18.2. The summed E-state index contributed by atoms with van der Waals surface area (Å²) in [6.07, 6.45) is 0. The highest BCUT2D eigenvalue weighted by molar-refractivity contribution is 6.14.